The average Bonchev–Trinajstić information content (AvgIpc) is 2.68. The van der Waals surface area contributed by atoms with Crippen molar-refractivity contribution < 1.29 is 9.18 Å². The highest BCUT2D eigenvalue weighted by Crippen LogP contribution is 2.47. The number of alkyl halides is 1. The molecule has 0 aliphatic carbocycles. The molecule has 3 rings (SSSR count). The number of halogens is 5. The molecule has 2 aromatic rings. The first-order valence-electron chi connectivity index (χ1n) is 9.70. The van der Waals surface area contributed by atoms with Gasteiger partial charge in [-0.25, -0.2) is 4.39 Å². The second-order valence-corrected chi connectivity index (χ2v) is 10.6. The summed E-state index contributed by atoms with van der Waals surface area (Å²) < 4.78 is 18.1. The number of amides is 1. The first-order valence-corrected chi connectivity index (χ1v) is 12.0. The van der Waals surface area contributed by atoms with E-state index in [4.69, 9.17) is 23.2 Å². The molecule has 3 nitrogen and oxygen atoms in total. The SMILES string of the molecule is CC(CC(=O)NCc1cc(Br)cc(Br)c1)(c1ccc(Cl)c(Cl)c1)C1(F)CCNCC1. The molecule has 0 radical (unpaired) electrons. The molecule has 1 aliphatic heterocycles. The van der Waals surface area contributed by atoms with Crippen LogP contribution in [0, 0.1) is 0 Å². The van der Waals surface area contributed by atoms with Crippen LogP contribution in [0.5, 0.6) is 0 Å². The predicted molar refractivity (Wildman–Crippen MR) is 128 cm³/mol. The van der Waals surface area contributed by atoms with E-state index in [0.717, 1.165) is 14.5 Å². The lowest BCUT2D eigenvalue weighted by Crippen LogP contribution is -2.54. The molecule has 0 aromatic heterocycles. The van der Waals surface area contributed by atoms with E-state index in [-0.39, 0.29) is 12.3 Å². The molecule has 30 heavy (non-hydrogen) atoms. The number of piperidine rings is 1. The predicted octanol–water partition coefficient (Wildman–Crippen LogP) is 6.57. The van der Waals surface area contributed by atoms with Gasteiger partial charge in [0.25, 0.3) is 0 Å². The zero-order chi connectivity index (χ0) is 21.9. The van der Waals surface area contributed by atoms with E-state index >= 15 is 4.39 Å². The minimum atomic E-state index is -1.54. The highest BCUT2D eigenvalue weighted by Gasteiger charge is 2.51. The van der Waals surface area contributed by atoms with Gasteiger partial charge in [0.1, 0.15) is 5.67 Å². The Bertz CT molecular complexity index is 917. The normalized spacial score (nSPS) is 17.9. The van der Waals surface area contributed by atoms with Gasteiger partial charge in [0.2, 0.25) is 5.91 Å². The largest absolute Gasteiger partial charge is 0.352 e. The molecular weight excluding hydrogens is 558 g/mol. The molecule has 1 unspecified atom stereocenters. The number of hydrogen-bond donors (Lipinski definition) is 2. The smallest absolute Gasteiger partial charge is 0.221 e. The van der Waals surface area contributed by atoms with E-state index < -0.39 is 11.1 Å². The summed E-state index contributed by atoms with van der Waals surface area (Å²) in [5.74, 6) is -0.213. The molecule has 0 saturated carbocycles. The Kier molecular flexibility index (Phi) is 7.89. The number of rotatable bonds is 6. The fraction of sp³-hybridized carbons (Fsp3) is 0.409. The molecule has 1 heterocycles. The van der Waals surface area contributed by atoms with Crippen molar-refractivity contribution in [2.45, 2.75) is 43.8 Å². The van der Waals surface area contributed by atoms with Crippen LogP contribution in [-0.2, 0) is 16.8 Å². The van der Waals surface area contributed by atoms with Crippen LogP contribution >= 0.6 is 55.1 Å². The lowest BCUT2D eigenvalue weighted by Gasteiger charge is -2.45. The molecule has 1 amide bonds. The van der Waals surface area contributed by atoms with Crippen molar-refractivity contribution in [3.8, 4) is 0 Å². The molecule has 1 saturated heterocycles. The molecule has 2 N–H and O–H groups in total. The maximum absolute atomic E-state index is 16.3. The van der Waals surface area contributed by atoms with Gasteiger partial charge < -0.3 is 10.6 Å². The summed E-state index contributed by atoms with van der Waals surface area (Å²) in [7, 11) is 0. The Morgan fingerprint density at radius 3 is 2.37 bits per heavy atom. The summed E-state index contributed by atoms with van der Waals surface area (Å²) in [6, 6.07) is 10.9. The van der Waals surface area contributed by atoms with Gasteiger partial charge in [0.05, 0.1) is 10.0 Å². The fourth-order valence-electron chi connectivity index (χ4n) is 4.03. The van der Waals surface area contributed by atoms with E-state index in [1.807, 2.05) is 25.1 Å². The number of carbonyl (C=O) groups is 1. The third-order valence-electron chi connectivity index (χ3n) is 5.87. The Balaban J connectivity index is 1.84. The zero-order valence-electron chi connectivity index (χ0n) is 16.5. The van der Waals surface area contributed by atoms with Gasteiger partial charge in [-0.1, -0.05) is 68.1 Å². The summed E-state index contributed by atoms with van der Waals surface area (Å²) in [6.07, 6.45) is 0.668. The standard InChI is InChI=1S/C22H23Br2Cl2FN2O/c1-21(22(27)4-6-28-7-5-22,15-2-3-18(25)19(26)10-15)12-20(30)29-13-14-8-16(23)11-17(24)9-14/h2-3,8-11,28H,4-7,12-13H2,1H3,(H,29,30). The number of nitrogens with one attached hydrogen (secondary N) is 2. The summed E-state index contributed by atoms with van der Waals surface area (Å²) in [4.78, 5) is 12.9. The van der Waals surface area contributed by atoms with Crippen LogP contribution in [0.1, 0.15) is 37.3 Å². The van der Waals surface area contributed by atoms with Gasteiger partial charge in [-0.2, -0.15) is 0 Å². The van der Waals surface area contributed by atoms with Crippen LogP contribution in [0.3, 0.4) is 0 Å². The average molecular weight is 581 g/mol. The maximum atomic E-state index is 16.3. The van der Waals surface area contributed by atoms with Crippen LogP contribution in [-0.4, -0.2) is 24.7 Å². The zero-order valence-corrected chi connectivity index (χ0v) is 21.2. The number of hydrogen-bond acceptors (Lipinski definition) is 2. The Labute approximate surface area is 203 Å². The number of carbonyl (C=O) groups excluding carboxylic acids is 1. The minimum Gasteiger partial charge on any atom is -0.352 e. The fourth-order valence-corrected chi connectivity index (χ4v) is 5.72. The van der Waals surface area contributed by atoms with Crippen LogP contribution in [0.4, 0.5) is 4.39 Å². The van der Waals surface area contributed by atoms with Gasteiger partial charge in [0, 0.05) is 27.3 Å². The van der Waals surface area contributed by atoms with Crippen LogP contribution in [0.25, 0.3) is 0 Å². The topological polar surface area (TPSA) is 41.1 Å². The van der Waals surface area contributed by atoms with E-state index in [0.29, 0.717) is 48.1 Å². The van der Waals surface area contributed by atoms with Crippen molar-refractivity contribution in [1.82, 2.24) is 10.6 Å². The molecule has 0 bridgehead atoms. The summed E-state index contributed by atoms with van der Waals surface area (Å²) in [5.41, 5.74) is -0.948. The molecular formula is C22H23Br2Cl2FN2O. The van der Waals surface area contributed by atoms with Gasteiger partial charge in [0.15, 0.2) is 0 Å². The molecule has 1 fully saturated rings. The van der Waals surface area contributed by atoms with Crippen LogP contribution < -0.4 is 10.6 Å². The Hall–Kier alpha value is -0.660. The van der Waals surface area contributed by atoms with Gasteiger partial charge in [-0.15, -0.1) is 0 Å². The lowest BCUT2D eigenvalue weighted by molar-refractivity contribution is -0.124. The summed E-state index contributed by atoms with van der Waals surface area (Å²) in [5, 5.41) is 6.90. The van der Waals surface area contributed by atoms with Crippen molar-refractivity contribution >= 4 is 61.0 Å². The summed E-state index contributed by atoms with van der Waals surface area (Å²) in [6.45, 7) is 3.31. The highest BCUT2D eigenvalue weighted by atomic mass is 79.9. The maximum Gasteiger partial charge on any atom is 0.221 e. The minimum absolute atomic E-state index is 0.0105. The van der Waals surface area contributed by atoms with Crippen molar-refractivity contribution in [1.29, 1.82) is 0 Å². The molecule has 2 aromatic carbocycles. The van der Waals surface area contributed by atoms with Crippen molar-refractivity contribution in [2.24, 2.45) is 0 Å². The van der Waals surface area contributed by atoms with Crippen LogP contribution in [0.2, 0.25) is 10.0 Å². The first-order chi connectivity index (χ1) is 14.1. The molecule has 1 aliphatic rings. The molecule has 162 valence electrons. The second-order valence-electron chi connectivity index (χ2n) is 7.91. The second kappa shape index (κ2) is 9.86. The summed E-state index contributed by atoms with van der Waals surface area (Å²) >= 11 is 19.2. The van der Waals surface area contributed by atoms with Gasteiger partial charge in [-0.05, 0) is 67.4 Å². The Morgan fingerprint density at radius 1 is 1.13 bits per heavy atom. The quantitative estimate of drug-likeness (QED) is 0.405. The van der Waals surface area contributed by atoms with Gasteiger partial charge >= 0.3 is 0 Å². The van der Waals surface area contributed by atoms with Gasteiger partial charge in [-0.3, -0.25) is 4.79 Å². The third-order valence-corrected chi connectivity index (χ3v) is 7.52. The van der Waals surface area contributed by atoms with E-state index in [2.05, 4.69) is 42.5 Å². The van der Waals surface area contributed by atoms with Crippen LogP contribution in [0.15, 0.2) is 45.3 Å². The highest BCUT2D eigenvalue weighted by molar-refractivity contribution is 9.11. The van der Waals surface area contributed by atoms with E-state index in [1.165, 1.54) is 0 Å². The molecule has 8 heteroatoms. The van der Waals surface area contributed by atoms with Crippen molar-refractivity contribution in [2.75, 3.05) is 13.1 Å². The van der Waals surface area contributed by atoms with Crippen molar-refractivity contribution in [3.63, 3.8) is 0 Å². The van der Waals surface area contributed by atoms with E-state index in [9.17, 15) is 4.79 Å². The third kappa shape index (κ3) is 5.39. The molecule has 0 spiro atoms. The Morgan fingerprint density at radius 2 is 1.77 bits per heavy atom. The monoisotopic (exact) mass is 578 g/mol. The van der Waals surface area contributed by atoms with Crippen molar-refractivity contribution in [3.05, 3.63) is 66.5 Å². The lowest BCUT2D eigenvalue weighted by atomic mass is 9.64. The molecule has 1 atom stereocenters. The van der Waals surface area contributed by atoms with E-state index in [1.54, 1.807) is 18.2 Å². The first kappa shape index (κ1) is 24.0. The number of benzene rings is 2.